The van der Waals surface area contributed by atoms with Crippen molar-refractivity contribution in [3.8, 4) is 22.3 Å². The highest BCUT2D eigenvalue weighted by atomic mass is 15.2. The molecule has 0 N–H and O–H groups in total. The Balaban J connectivity index is 0.903. The molecular weight excluding hydrogens is 777 g/mol. The molecule has 12 rings (SSSR count). The van der Waals surface area contributed by atoms with E-state index in [1.165, 1.54) is 32.7 Å². The minimum Gasteiger partial charge on any atom is -0.311 e. The van der Waals surface area contributed by atoms with Gasteiger partial charge in [0, 0.05) is 62.0 Å². The molecule has 2 aromatic heterocycles. The van der Waals surface area contributed by atoms with Gasteiger partial charge in [0.15, 0.2) is 0 Å². The Morgan fingerprint density at radius 1 is 0.281 bits per heavy atom. The Kier molecular flexibility index (Phi) is 9.12. The van der Waals surface area contributed by atoms with Crippen molar-refractivity contribution in [1.82, 2.24) is 9.97 Å². The predicted octanol–water partition coefficient (Wildman–Crippen LogP) is 16.5. The third-order valence-corrected chi connectivity index (χ3v) is 12.4. The summed E-state index contributed by atoms with van der Waals surface area (Å²) in [5, 5.41) is 8.14. The molecule has 0 unspecified atom stereocenters. The zero-order chi connectivity index (χ0) is 42.4. The lowest BCUT2D eigenvalue weighted by Crippen LogP contribution is -2.12. The third-order valence-electron chi connectivity index (χ3n) is 12.4. The van der Waals surface area contributed by atoms with Crippen molar-refractivity contribution in [2.45, 2.75) is 0 Å². The molecule has 0 bridgehead atoms. The Hall–Kier alpha value is -8.60. The Bertz CT molecular complexity index is 3620. The average molecular weight is 817 g/mol. The van der Waals surface area contributed by atoms with E-state index in [1.54, 1.807) is 0 Å². The smallest absolute Gasteiger partial charge is 0.0978 e. The van der Waals surface area contributed by atoms with Crippen LogP contribution in [-0.2, 0) is 0 Å². The maximum atomic E-state index is 5.13. The Morgan fingerprint density at radius 3 is 1.48 bits per heavy atom. The highest BCUT2D eigenvalue weighted by molar-refractivity contribution is 6.16. The van der Waals surface area contributed by atoms with Gasteiger partial charge < -0.3 is 9.80 Å². The quantitative estimate of drug-likeness (QED) is 0.113. The minimum atomic E-state index is 0.927. The number of hydrogen-bond acceptors (Lipinski definition) is 4. The lowest BCUT2D eigenvalue weighted by molar-refractivity contribution is 1.26. The lowest BCUT2D eigenvalue weighted by atomic mass is 9.93. The molecule has 10 aromatic carbocycles. The van der Waals surface area contributed by atoms with Crippen LogP contribution in [0.4, 0.5) is 34.1 Å². The van der Waals surface area contributed by atoms with Crippen LogP contribution >= 0.6 is 0 Å². The van der Waals surface area contributed by atoms with Crippen molar-refractivity contribution >= 4 is 88.4 Å². The summed E-state index contributed by atoms with van der Waals surface area (Å²) in [6.45, 7) is 0. The fourth-order valence-electron chi connectivity index (χ4n) is 9.30. The van der Waals surface area contributed by atoms with E-state index in [9.17, 15) is 0 Å². The molecule has 300 valence electrons. The van der Waals surface area contributed by atoms with Crippen LogP contribution in [0.3, 0.4) is 0 Å². The summed E-state index contributed by atoms with van der Waals surface area (Å²) in [5.74, 6) is 0. The summed E-state index contributed by atoms with van der Waals surface area (Å²) >= 11 is 0. The zero-order valence-corrected chi connectivity index (χ0v) is 34.9. The van der Waals surface area contributed by atoms with Crippen molar-refractivity contribution in [2.24, 2.45) is 0 Å². The van der Waals surface area contributed by atoms with Crippen LogP contribution in [0.25, 0.3) is 76.5 Å². The normalized spacial score (nSPS) is 11.4. The van der Waals surface area contributed by atoms with Gasteiger partial charge in [0.05, 0.1) is 16.6 Å². The minimum absolute atomic E-state index is 0.927. The standard InChI is InChI=1S/C60H40N4/c1-3-15-49(16-4-1)63(50-17-5-2-6-18-50)52-32-34-53(35-33-52)64(54-31-27-41-12-7-8-13-44(41)40-54)51-29-25-42(26-30-51)45-21-22-47-39-48(24-23-46(47)38-45)58-55-19-9-10-20-57(55)62-60-56(58)36-28-43-14-11-37-61-59(43)60/h1-40H. The summed E-state index contributed by atoms with van der Waals surface area (Å²) in [5.41, 5.74) is 14.1. The van der Waals surface area contributed by atoms with Crippen LogP contribution in [-0.4, -0.2) is 9.97 Å². The van der Waals surface area contributed by atoms with E-state index in [4.69, 9.17) is 9.97 Å². The van der Waals surface area contributed by atoms with Crippen LogP contribution in [0.15, 0.2) is 243 Å². The number of nitrogens with zero attached hydrogens (tertiary/aromatic N) is 4. The highest BCUT2D eigenvalue weighted by Crippen LogP contribution is 2.42. The second-order valence-electron chi connectivity index (χ2n) is 16.3. The average Bonchev–Trinajstić information content (AvgIpc) is 3.37. The number of aromatic nitrogens is 2. The van der Waals surface area contributed by atoms with Gasteiger partial charge in [-0.3, -0.25) is 4.98 Å². The second kappa shape index (κ2) is 15.7. The fraction of sp³-hybridized carbons (Fsp3) is 0. The molecule has 4 heteroatoms. The molecular formula is C60H40N4. The number of benzene rings is 10. The molecule has 0 radical (unpaired) electrons. The van der Waals surface area contributed by atoms with Crippen molar-refractivity contribution in [3.05, 3.63) is 243 Å². The second-order valence-corrected chi connectivity index (χ2v) is 16.3. The van der Waals surface area contributed by atoms with E-state index in [0.29, 0.717) is 0 Å². The van der Waals surface area contributed by atoms with Crippen molar-refractivity contribution in [2.75, 3.05) is 9.80 Å². The summed E-state index contributed by atoms with van der Waals surface area (Å²) < 4.78 is 0. The molecule has 64 heavy (non-hydrogen) atoms. The van der Waals surface area contributed by atoms with Gasteiger partial charge in [0.25, 0.3) is 0 Å². The lowest BCUT2D eigenvalue weighted by Gasteiger charge is -2.28. The van der Waals surface area contributed by atoms with E-state index in [2.05, 4.69) is 240 Å². The largest absolute Gasteiger partial charge is 0.311 e. The van der Waals surface area contributed by atoms with Gasteiger partial charge in [0.2, 0.25) is 0 Å². The van der Waals surface area contributed by atoms with Gasteiger partial charge >= 0.3 is 0 Å². The van der Waals surface area contributed by atoms with Crippen molar-refractivity contribution in [3.63, 3.8) is 0 Å². The zero-order valence-electron chi connectivity index (χ0n) is 34.9. The van der Waals surface area contributed by atoms with E-state index in [-0.39, 0.29) is 0 Å². The number of para-hydroxylation sites is 3. The van der Waals surface area contributed by atoms with Crippen molar-refractivity contribution < 1.29 is 0 Å². The van der Waals surface area contributed by atoms with Crippen LogP contribution in [0.1, 0.15) is 0 Å². The number of anilines is 6. The van der Waals surface area contributed by atoms with Crippen LogP contribution in [0.5, 0.6) is 0 Å². The molecule has 0 amide bonds. The van der Waals surface area contributed by atoms with Gasteiger partial charge in [-0.05, 0) is 135 Å². The monoisotopic (exact) mass is 816 g/mol. The van der Waals surface area contributed by atoms with E-state index < -0.39 is 0 Å². The maximum absolute atomic E-state index is 5.13. The molecule has 0 aliphatic rings. The fourth-order valence-corrected chi connectivity index (χ4v) is 9.30. The molecule has 0 atom stereocenters. The molecule has 0 spiro atoms. The SMILES string of the molecule is c1ccc(N(c2ccccc2)c2ccc(N(c3ccc(-c4ccc5cc(-c6c7ccccc7nc7c6ccc6cccnc67)ccc5c4)cc3)c3ccc4ccccc4c3)cc2)cc1. The first-order valence-electron chi connectivity index (χ1n) is 21.7. The molecule has 2 heterocycles. The number of pyridine rings is 2. The highest BCUT2D eigenvalue weighted by Gasteiger charge is 2.18. The number of rotatable bonds is 8. The maximum Gasteiger partial charge on any atom is 0.0978 e. The first-order valence-corrected chi connectivity index (χ1v) is 21.7. The van der Waals surface area contributed by atoms with Crippen LogP contribution in [0, 0.1) is 0 Å². The van der Waals surface area contributed by atoms with Gasteiger partial charge in [-0.1, -0.05) is 140 Å². The molecule has 0 aliphatic heterocycles. The van der Waals surface area contributed by atoms with Gasteiger partial charge in [-0.25, -0.2) is 4.98 Å². The summed E-state index contributed by atoms with van der Waals surface area (Å²) in [6.07, 6.45) is 1.85. The van der Waals surface area contributed by atoms with Crippen LogP contribution < -0.4 is 9.80 Å². The molecule has 0 saturated heterocycles. The summed E-state index contributed by atoms with van der Waals surface area (Å²) in [6, 6.07) is 84.7. The molecule has 0 saturated carbocycles. The predicted molar refractivity (Wildman–Crippen MR) is 270 cm³/mol. The Labute approximate surface area is 371 Å². The van der Waals surface area contributed by atoms with E-state index >= 15 is 0 Å². The Morgan fingerprint density at radius 2 is 0.766 bits per heavy atom. The number of hydrogen-bond donors (Lipinski definition) is 0. The summed E-state index contributed by atoms with van der Waals surface area (Å²) in [7, 11) is 0. The van der Waals surface area contributed by atoms with Crippen molar-refractivity contribution in [1.29, 1.82) is 0 Å². The van der Waals surface area contributed by atoms with Gasteiger partial charge in [0.1, 0.15) is 0 Å². The first kappa shape index (κ1) is 37.2. The van der Waals surface area contributed by atoms with Crippen LogP contribution in [0.2, 0.25) is 0 Å². The van der Waals surface area contributed by atoms with Gasteiger partial charge in [-0.2, -0.15) is 0 Å². The number of fused-ring (bicyclic) bond motifs is 6. The third kappa shape index (κ3) is 6.66. The van der Waals surface area contributed by atoms with Gasteiger partial charge in [-0.15, -0.1) is 0 Å². The molecule has 4 nitrogen and oxygen atoms in total. The topological polar surface area (TPSA) is 32.3 Å². The van der Waals surface area contributed by atoms with E-state index in [0.717, 1.165) is 78.0 Å². The molecule has 12 aromatic rings. The summed E-state index contributed by atoms with van der Waals surface area (Å²) in [4.78, 5) is 14.5. The molecule has 0 fully saturated rings. The first-order chi connectivity index (χ1) is 31.7. The molecule has 0 aliphatic carbocycles. The van der Waals surface area contributed by atoms with E-state index in [1.807, 2.05) is 12.3 Å².